The molecule has 0 amide bonds. The average Bonchev–Trinajstić information content (AvgIpc) is 3.26. The number of halogens is 4. The zero-order valence-electron chi connectivity index (χ0n) is 15.5. The summed E-state index contributed by atoms with van der Waals surface area (Å²) in [5.41, 5.74) is 0.857. The number of aromatic nitrogens is 2. The molecule has 0 bridgehead atoms. The standard InChI is InChI=1S/C19H16F4N4S2/c1-27-7-10-3-14(20)15(4-11(10)8-27)25-18-24-6-13(19(21,22)23)17(26-18)16-5-12(28-2)9-29-16/h3-6,9H,7-8H2,1-2H3,(H,24,25,26). The molecule has 29 heavy (non-hydrogen) atoms. The van der Waals surface area contributed by atoms with E-state index in [2.05, 4.69) is 15.3 Å². The number of hydrogen-bond donors (Lipinski definition) is 1. The van der Waals surface area contributed by atoms with Crippen molar-refractivity contribution in [1.82, 2.24) is 14.9 Å². The van der Waals surface area contributed by atoms with Crippen molar-refractivity contribution in [3.63, 3.8) is 0 Å². The van der Waals surface area contributed by atoms with E-state index in [1.54, 1.807) is 17.5 Å². The molecule has 152 valence electrons. The number of anilines is 2. The Morgan fingerprint density at radius 3 is 2.55 bits per heavy atom. The number of benzene rings is 1. The van der Waals surface area contributed by atoms with E-state index >= 15 is 0 Å². The summed E-state index contributed by atoms with van der Waals surface area (Å²) in [5, 5.41) is 4.51. The highest BCUT2D eigenvalue weighted by molar-refractivity contribution is 7.98. The fraction of sp³-hybridized carbons (Fsp3) is 0.263. The van der Waals surface area contributed by atoms with Crippen LogP contribution in [0.2, 0.25) is 0 Å². The number of rotatable bonds is 4. The molecule has 1 aliphatic heterocycles. The highest BCUT2D eigenvalue weighted by Crippen LogP contribution is 2.40. The third-order valence-electron chi connectivity index (χ3n) is 4.55. The molecule has 4 rings (SSSR count). The quantitative estimate of drug-likeness (QED) is 0.412. The smallest absolute Gasteiger partial charge is 0.322 e. The van der Waals surface area contributed by atoms with Crippen LogP contribution in [0.25, 0.3) is 10.6 Å². The van der Waals surface area contributed by atoms with Crippen molar-refractivity contribution in [1.29, 1.82) is 0 Å². The predicted molar refractivity (Wildman–Crippen MR) is 107 cm³/mol. The van der Waals surface area contributed by atoms with Crippen molar-refractivity contribution in [3.8, 4) is 10.6 Å². The summed E-state index contributed by atoms with van der Waals surface area (Å²) >= 11 is 2.61. The average molecular weight is 440 g/mol. The van der Waals surface area contributed by atoms with Gasteiger partial charge in [0.15, 0.2) is 0 Å². The summed E-state index contributed by atoms with van der Waals surface area (Å²) in [4.78, 5) is 11.1. The summed E-state index contributed by atoms with van der Waals surface area (Å²) in [7, 11) is 1.93. The first-order valence-corrected chi connectivity index (χ1v) is 10.7. The highest BCUT2D eigenvalue weighted by Gasteiger charge is 2.36. The number of fused-ring (bicyclic) bond motifs is 1. The highest BCUT2D eigenvalue weighted by atomic mass is 32.2. The van der Waals surface area contributed by atoms with Gasteiger partial charge in [-0.1, -0.05) is 0 Å². The summed E-state index contributed by atoms with van der Waals surface area (Å²) in [6, 6.07) is 4.75. The maximum absolute atomic E-state index is 14.5. The van der Waals surface area contributed by atoms with E-state index in [4.69, 9.17) is 0 Å². The minimum Gasteiger partial charge on any atom is -0.322 e. The van der Waals surface area contributed by atoms with E-state index in [9.17, 15) is 17.6 Å². The third kappa shape index (κ3) is 4.10. The van der Waals surface area contributed by atoms with Crippen molar-refractivity contribution in [2.75, 3.05) is 18.6 Å². The van der Waals surface area contributed by atoms with Crippen LogP contribution in [0.1, 0.15) is 16.7 Å². The van der Waals surface area contributed by atoms with E-state index in [0.717, 1.165) is 22.2 Å². The minimum atomic E-state index is -4.60. The first-order chi connectivity index (χ1) is 13.7. The molecular formula is C19H16F4N4S2. The van der Waals surface area contributed by atoms with E-state index < -0.39 is 17.6 Å². The lowest BCUT2D eigenvalue weighted by atomic mass is 10.1. The van der Waals surface area contributed by atoms with Crippen LogP contribution in [-0.2, 0) is 19.3 Å². The first-order valence-electron chi connectivity index (χ1n) is 8.58. The Hall–Kier alpha value is -2.17. The number of thioether (sulfide) groups is 1. The summed E-state index contributed by atoms with van der Waals surface area (Å²) in [5.74, 6) is -0.581. The Kier molecular flexibility index (Phi) is 5.26. The van der Waals surface area contributed by atoms with Crippen LogP contribution in [0.4, 0.5) is 29.2 Å². The second-order valence-electron chi connectivity index (χ2n) is 6.70. The van der Waals surface area contributed by atoms with Gasteiger partial charge in [0.05, 0.1) is 16.3 Å². The van der Waals surface area contributed by atoms with Crippen LogP contribution in [0.3, 0.4) is 0 Å². The Balaban J connectivity index is 1.72. The molecule has 1 aromatic carbocycles. The molecule has 2 aromatic heterocycles. The second-order valence-corrected chi connectivity index (χ2v) is 8.49. The molecule has 10 heteroatoms. The molecule has 0 saturated heterocycles. The van der Waals surface area contributed by atoms with Crippen LogP contribution in [-0.4, -0.2) is 28.2 Å². The van der Waals surface area contributed by atoms with Crippen molar-refractivity contribution in [3.05, 3.63) is 52.3 Å². The molecule has 0 fully saturated rings. The third-order valence-corrected chi connectivity index (χ3v) is 6.35. The summed E-state index contributed by atoms with van der Waals surface area (Å²) in [6.45, 7) is 1.33. The van der Waals surface area contributed by atoms with Crippen molar-refractivity contribution >= 4 is 34.7 Å². The second kappa shape index (κ2) is 7.58. The van der Waals surface area contributed by atoms with E-state index in [0.29, 0.717) is 18.0 Å². The van der Waals surface area contributed by atoms with E-state index in [-0.39, 0.29) is 17.3 Å². The van der Waals surface area contributed by atoms with Gasteiger partial charge in [0, 0.05) is 29.6 Å². The molecule has 1 aliphatic rings. The topological polar surface area (TPSA) is 41.1 Å². The lowest BCUT2D eigenvalue weighted by molar-refractivity contribution is -0.137. The number of nitrogens with zero attached hydrogens (tertiary/aromatic N) is 3. The molecule has 3 heterocycles. The maximum atomic E-state index is 14.5. The molecule has 3 aromatic rings. The molecule has 0 atom stereocenters. The van der Waals surface area contributed by atoms with Gasteiger partial charge in [-0.3, -0.25) is 4.90 Å². The van der Waals surface area contributed by atoms with Crippen LogP contribution >= 0.6 is 23.1 Å². The lowest BCUT2D eigenvalue weighted by Gasteiger charge is -2.13. The minimum absolute atomic E-state index is 0.0858. The monoisotopic (exact) mass is 440 g/mol. The molecule has 1 N–H and O–H groups in total. The van der Waals surface area contributed by atoms with Crippen LogP contribution < -0.4 is 5.32 Å². The van der Waals surface area contributed by atoms with Gasteiger partial charge in [0.1, 0.15) is 11.4 Å². The van der Waals surface area contributed by atoms with Gasteiger partial charge in [0.2, 0.25) is 5.95 Å². The zero-order valence-corrected chi connectivity index (χ0v) is 17.1. The number of nitrogens with one attached hydrogen (secondary N) is 1. The Bertz CT molecular complexity index is 1060. The van der Waals surface area contributed by atoms with Gasteiger partial charge >= 0.3 is 6.18 Å². The van der Waals surface area contributed by atoms with Crippen LogP contribution in [0.5, 0.6) is 0 Å². The predicted octanol–water partition coefficient (Wildman–Crippen LogP) is 5.77. The number of hydrogen-bond acceptors (Lipinski definition) is 6. The van der Waals surface area contributed by atoms with Gasteiger partial charge in [0.25, 0.3) is 0 Å². The molecule has 0 spiro atoms. The lowest BCUT2D eigenvalue weighted by Crippen LogP contribution is -2.11. The van der Waals surface area contributed by atoms with Gasteiger partial charge < -0.3 is 5.32 Å². The zero-order chi connectivity index (χ0) is 20.8. The number of alkyl halides is 3. The van der Waals surface area contributed by atoms with Gasteiger partial charge in [-0.15, -0.1) is 23.1 Å². The summed E-state index contributed by atoms with van der Waals surface area (Å²) < 4.78 is 54.9. The molecular weight excluding hydrogens is 424 g/mol. The fourth-order valence-corrected chi connectivity index (χ4v) is 4.81. The molecule has 0 unspecified atom stereocenters. The van der Waals surface area contributed by atoms with Gasteiger partial charge in [-0.05, 0) is 42.6 Å². The van der Waals surface area contributed by atoms with Crippen molar-refractivity contribution in [2.24, 2.45) is 0 Å². The molecule has 4 nitrogen and oxygen atoms in total. The van der Waals surface area contributed by atoms with E-state index in [1.165, 1.54) is 29.2 Å². The first kappa shape index (κ1) is 20.1. The Morgan fingerprint density at radius 1 is 1.17 bits per heavy atom. The van der Waals surface area contributed by atoms with Crippen molar-refractivity contribution in [2.45, 2.75) is 24.2 Å². The van der Waals surface area contributed by atoms with Gasteiger partial charge in [-0.2, -0.15) is 13.2 Å². The Labute approximate surface area is 173 Å². The van der Waals surface area contributed by atoms with Gasteiger partial charge in [-0.25, -0.2) is 14.4 Å². The van der Waals surface area contributed by atoms with Crippen LogP contribution in [0, 0.1) is 5.82 Å². The Morgan fingerprint density at radius 2 is 1.90 bits per heavy atom. The van der Waals surface area contributed by atoms with Crippen LogP contribution in [0.15, 0.2) is 34.7 Å². The molecule has 0 radical (unpaired) electrons. The molecule has 0 saturated carbocycles. The number of thiophene rings is 1. The molecule has 0 aliphatic carbocycles. The fourth-order valence-electron chi connectivity index (χ4n) is 3.19. The van der Waals surface area contributed by atoms with Crippen molar-refractivity contribution < 1.29 is 17.6 Å². The van der Waals surface area contributed by atoms with E-state index in [1.807, 2.05) is 18.2 Å². The normalized spacial score (nSPS) is 14.3. The largest absolute Gasteiger partial charge is 0.420 e. The SMILES string of the molecule is CSc1csc(-c2nc(Nc3cc4c(cc3F)CN(C)C4)ncc2C(F)(F)F)c1. The summed E-state index contributed by atoms with van der Waals surface area (Å²) in [6.07, 6.45) is -2.01. The maximum Gasteiger partial charge on any atom is 0.420 e.